The van der Waals surface area contributed by atoms with Crippen LogP contribution in [0.15, 0.2) is 0 Å². The SMILES string of the molecule is O=C1CN(CCCNc2nc(Cl)nc(Cl)c2F)CCN1. The Bertz CT molecular complexity index is 502. The first-order valence-corrected chi connectivity index (χ1v) is 6.93. The molecule has 9 heteroatoms. The molecule has 2 heterocycles. The molecular weight excluding hydrogens is 308 g/mol. The molecule has 0 aliphatic carbocycles. The highest BCUT2D eigenvalue weighted by Gasteiger charge is 2.15. The summed E-state index contributed by atoms with van der Waals surface area (Å²) < 4.78 is 13.6. The van der Waals surface area contributed by atoms with Gasteiger partial charge in [0, 0.05) is 26.2 Å². The van der Waals surface area contributed by atoms with E-state index in [1.807, 2.05) is 4.90 Å². The van der Waals surface area contributed by atoms with Crippen LogP contribution in [-0.4, -0.2) is 53.5 Å². The molecule has 0 saturated carbocycles. The summed E-state index contributed by atoms with van der Waals surface area (Å²) in [5, 5.41) is 5.17. The lowest BCUT2D eigenvalue weighted by Crippen LogP contribution is -2.47. The Balaban J connectivity index is 1.77. The number of anilines is 1. The summed E-state index contributed by atoms with van der Waals surface area (Å²) in [4.78, 5) is 20.5. The molecule has 0 bridgehead atoms. The summed E-state index contributed by atoms with van der Waals surface area (Å²) in [5.41, 5.74) is 0. The van der Waals surface area contributed by atoms with Crippen LogP contribution >= 0.6 is 23.2 Å². The molecule has 2 rings (SSSR count). The summed E-state index contributed by atoms with van der Waals surface area (Å²) in [6, 6.07) is 0. The number of nitrogens with one attached hydrogen (secondary N) is 2. The minimum atomic E-state index is -0.714. The van der Waals surface area contributed by atoms with Gasteiger partial charge in [0.15, 0.2) is 11.0 Å². The van der Waals surface area contributed by atoms with Crippen LogP contribution in [0, 0.1) is 5.82 Å². The average molecular weight is 322 g/mol. The third kappa shape index (κ3) is 4.16. The van der Waals surface area contributed by atoms with E-state index in [1.54, 1.807) is 0 Å². The molecule has 1 fully saturated rings. The monoisotopic (exact) mass is 321 g/mol. The number of carbonyl (C=O) groups is 1. The van der Waals surface area contributed by atoms with Crippen molar-refractivity contribution in [1.29, 1.82) is 0 Å². The molecule has 1 aromatic rings. The van der Waals surface area contributed by atoms with E-state index in [0.717, 1.165) is 19.5 Å². The molecule has 0 radical (unpaired) electrons. The Kier molecular flexibility index (Phi) is 5.33. The van der Waals surface area contributed by atoms with Crippen molar-refractivity contribution in [3.63, 3.8) is 0 Å². The van der Waals surface area contributed by atoms with Gasteiger partial charge in [0.25, 0.3) is 0 Å². The number of carbonyl (C=O) groups excluding carboxylic acids is 1. The van der Waals surface area contributed by atoms with Crippen molar-refractivity contribution in [2.24, 2.45) is 0 Å². The normalized spacial score (nSPS) is 16.1. The van der Waals surface area contributed by atoms with E-state index in [0.29, 0.717) is 19.6 Å². The summed E-state index contributed by atoms with van der Waals surface area (Å²) in [5.74, 6) is -0.690. The Labute approximate surface area is 125 Å². The molecule has 1 aromatic heterocycles. The quantitative estimate of drug-likeness (QED) is 0.484. The van der Waals surface area contributed by atoms with Crippen LogP contribution < -0.4 is 10.6 Å². The third-order valence-electron chi connectivity index (χ3n) is 2.84. The Morgan fingerprint density at radius 3 is 2.95 bits per heavy atom. The third-order valence-corrected chi connectivity index (χ3v) is 3.26. The molecule has 1 aliphatic rings. The Morgan fingerprint density at radius 2 is 2.20 bits per heavy atom. The first kappa shape index (κ1) is 15.2. The maximum atomic E-state index is 13.6. The largest absolute Gasteiger partial charge is 0.367 e. The number of hydrogen-bond acceptors (Lipinski definition) is 5. The smallest absolute Gasteiger partial charge is 0.234 e. The lowest BCUT2D eigenvalue weighted by atomic mass is 10.3. The van der Waals surface area contributed by atoms with Gasteiger partial charge in [-0.25, -0.2) is 4.98 Å². The second-order valence-corrected chi connectivity index (χ2v) is 5.05. The number of hydrogen-bond donors (Lipinski definition) is 2. The number of rotatable bonds is 5. The van der Waals surface area contributed by atoms with Gasteiger partial charge in [0.05, 0.1) is 6.54 Å². The van der Waals surface area contributed by atoms with Crippen molar-refractivity contribution >= 4 is 34.9 Å². The fourth-order valence-electron chi connectivity index (χ4n) is 1.90. The zero-order valence-corrected chi connectivity index (χ0v) is 12.1. The molecule has 2 N–H and O–H groups in total. The van der Waals surface area contributed by atoms with Gasteiger partial charge in [-0.2, -0.15) is 9.37 Å². The van der Waals surface area contributed by atoms with Crippen LogP contribution in [0.4, 0.5) is 10.2 Å². The van der Waals surface area contributed by atoms with Crippen LogP contribution in [0.25, 0.3) is 0 Å². The fraction of sp³-hybridized carbons (Fsp3) is 0.545. The standard InChI is InChI=1S/C11H14Cl2FN5O/c12-9-8(14)10(18-11(13)17-9)16-2-1-4-19-5-3-15-7(20)6-19/h1-6H2,(H,15,20)(H,16,17,18). The topological polar surface area (TPSA) is 70.2 Å². The first-order valence-electron chi connectivity index (χ1n) is 6.17. The minimum absolute atomic E-state index is 0.00797. The van der Waals surface area contributed by atoms with Gasteiger partial charge in [-0.1, -0.05) is 11.6 Å². The van der Waals surface area contributed by atoms with Gasteiger partial charge < -0.3 is 10.6 Å². The molecule has 0 spiro atoms. The molecule has 110 valence electrons. The van der Waals surface area contributed by atoms with Crippen LogP contribution in [-0.2, 0) is 4.79 Å². The van der Waals surface area contributed by atoms with Gasteiger partial charge in [0.1, 0.15) is 0 Å². The molecule has 1 saturated heterocycles. The van der Waals surface area contributed by atoms with Crippen LogP contribution in [0.2, 0.25) is 10.4 Å². The highest BCUT2D eigenvalue weighted by molar-refractivity contribution is 6.32. The van der Waals surface area contributed by atoms with E-state index in [2.05, 4.69) is 20.6 Å². The highest BCUT2D eigenvalue weighted by atomic mass is 35.5. The number of amides is 1. The molecule has 1 amide bonds. The number of piperazine rings is 1. The van der Waals surface area contributed by atoms with Gasteiger partial charge >= 0.3 is 0 Å². The lowest BCUT2D eigenvalue weighted by Gasteiger charge is -2.26. The summed E-state index contributed by atoms with van der Waals surface area (Å²) in [7, 11) is 0. The summed E-state index contributed by atoms with van der Waals surface area (Å²) in [6.07, 6.45) is 0.742. The van der Waals surface area contributed by atoms with E-state index in [4.69, 9.17) is 23.2 Å². The van der Waals surface area contributed by atoms with Crippen LogP contribution in [0.1, 0.15) is 6.42 Å². The molecule has 0 aromatic carbocycles. The van der Waals surface area contributed by atoms with Crippen molar-refractivity contribution in [3.8, 4) is 0 Å². The van der Waals surface area contributed by atoms with E-state index in [1.165, 1.54) is 0 Å². The van der Waals surface area contributed by atoms with Gasteiger partial charge in [-0.15, -0.1) is 0 Å². The van der Waals surface area contributed by atoms with Crippen molar-refractivity contribution in [1.82, 2.24) is 20.2 Å². The van der Waals surface area contributed by atoms with Gasteiger partial charge in [-0.05, 0) is 18.0 Å². The maximum Gasteiger partial charge on any atom is 0.234 e. The fourth-order valence-corrected chi connectivity index (χ4v) is 2.28. The first-order chi connectivity index (χ1) is 9.56. The zero-order chi connectivity index (χ0) is 14.5. The van der Waals surface area contributed by atoms with E-state index in [-0.39, 0.29) is 22.2 Å². The van der Waals surface area contributed by atoms with Crippen molar-refractivity contribution in [2.45, 2.75) is 6.42 Å². The number of nitrogens with zero attached hydrogens (tertiary/aromatic N) is 3. The van der Waals surface area contributed by atoms with Crippen molar-refractivity contribution in [3.05, 3.63) is 16.3 Å². The molecule has 1 aliphatic heterocycles. The molecule has 20 heavy (non-hydrogen) atoms. The molecule has 0 atom stereocenters. The van der Waals surface area contributed by atoms with Crippen LogP contribution in [0.5, 0.6) is 0 Å². The highest BCUT2D eigenvalue weighted by Crippen LogP contribution is 2.20. The number of halogens is 3. The predicted octanol–water partition coefficient (Wildman–Crippen LogP) is 1.16. The predicted molar refractivity (Wildman–Crippen MR) is 74.6 cm³/mol. The summed E-state index contributed by atoms with van der Waals surface area (Å²) >= 11 is 11.2. The Hall–Kier alpha value is -1.18. The van der Waals surface area contributed by atoms with E-state index < -0.39 is 5.82 Å². The lowest BCUT2D eigenvalue weighted by molar-refractivity contribution is -0.124. The molecule has 0 unspecified atom stereocenters. The van der Waals surface area contributed by atoms with E-state index in [9.17, 15) is 9.18 Å². The minimum Gasteiger partial charge on any atom is -0.367 e. The number of aromatic nitrogens is 2. The van der Waals surface area contributed by atoms with Crippen molar-refractivity contribution < 1.29 is 9.18 Å². The Morgan fingerprint density at radius 1 is 1.40 bits per heavy atom. The van der Waals surface area contributed by atoms with Crippen molar-refractivity contribution in [2.75, 3.05) is 38.0 Å². The van der Waals surface area contributed by atoms with Gasteiger partial charge in [-0.3, -0.25) is 9.69 Å². The molecule has 6 nitrogen and oxygen atoms in total. The van der Waals surface area contributed by atoms with Gasteiger partial charge in [0.2, 0.25) is 17.0 Å². The molecular formula is C11H14Cl2FN5O. The van der Waals surface area contributed by atoms with E-state index >= 15 is 0 Å². The maximum absolute atomic E-state index is 13.6. The second kappa shape index (κ2) is 7.01. The zero-order valence-electron chi connectivity index (χ0n) is 10.6. The second-order valence-electron chi connectivity index (χ2n) is 4.35. The average Bonchev–Trinajstić information content (AvgIpc) is 2.40. The van der Waals surface area contributed by atoms with Crippen LogP contribution in [0.3, 0.4) is 0 Å². The summed E-state index contributed by atoms with van der Waals surface area (Å²) in [6.45, 7) is 3.14.